The molecule has 1 aliphatic heterocycles. The Hall–Kier alpha value is -4.45. The smallest absolute Gasteiger partial charge is 0.455 e. The van der Waals surface area contributed by atoms with Crippen LogP contribution in [0.3, 0.4) is 0 Å². The molecule has 1 saturated heterocycles. The highest BCUT2D eigenvalue weighted by atomic mass is 16.8. The third-order valence-corrected chi connectivity index (χ3v) is 6.41. The van der Waals surface area contributed by atoms with Gasteiger partial charge in [0, 0.05) is 14.0 Å². The quantitative estimate of drug-likeness (QED) is 0.209. The van der Waals surface area contributed by atoms with Crippen molar-refractivity contribution in [3.05, 3.63) is 108 Å². The summed E-state index contributed by atoms with van der Waals surface area (Å²) in [5.41, 5.74) is 2.35. The van der Waals surface area contributed by atoms with E-state index in [1.54, 1.807) is 12.1 Å². The van der Waals surface area contributed by atoms with Gasteiger partial charge in [0.15, 0.2) is 18.5 Å². The summed E-state index contributed by atoms with van der Waals surface area (Å²) >= 11 is 0. The van der Waals surface area contributed by atoms with Gasteiger partial charge in [-0.3, -0.25) is 4.79 Å². The predicted octanol–water partition coefficient (Wildman–Crippen LogP) is 4.95. The van der Waals surface area contributed by atoms with Crippen molar-refractivity contribution in [2.75, 3.05) is 13.7 Å². The van der Waals surface area contributed by atoms with Crippen LogP contribution < -0.4 is 0 Å². The molecule has 0 saturated carbocycles. The van der Waals surface area contributed by atoms with Gasteiger partial charge in [-0.1, -0.05) is 91.0 Å². The van der Waals surface area contributed by atoms with E-state index < -0.39 is 49.0 Å². The van der Waals surface area contributed by atoms with Crippen molar-refractivity contribution in [1.29, 1.82) is 0 Å². The Morgan fingerprint density at radius 1 is 0.628 bits per heavy atom. The summed E-state index contributed by atoms with van der Waals surface area (Å²) in [6.45, 7) is 0.929. The van der Waals surface area contributed by atoms with E-state index in [-0.39, 0.29) is 26.4 Å². The first-order valence-corrected chi connectivity index (χ1v) is 13.6. The van der Waals surface area contributed by atoms with Gasteiger partial charge in [0.25, 0.3) is 0 Å². The number of benzene rings is 3. The fraction of sp³-hybridized carbons (Fsp3) is 0.344. The summed E-state index contributed by atoms with van der Waals surface area (Å²) in [7, 11) is 1.33. The molecule has 3 aromatic carbocycles. The Morgan fingerprint density at radius 3 is 1.65 bits per heavy atom. The molecule has 0 aromatic heterocycles. The molecule has 43 heavy (non-hydrogen) atoms. The van der Waals surface area contributed by atoms with E-state index in [9.17, 15) is 14.4 Å². The van der Waals surface area contributed by atoms with Crippen molar-refractivity contribution in [2.45, 2.75) is 57.5 Å². The van der Waals surface area contributed by atoms with Crippen molar-refractivity contribution in [1.82, 2.24) is 0 Å². The summed E-state index contributed by atoms with van der Waals surface area (Å²) < 4.78 is 44.7. The number of rotatable bonds is 12. The van der Waals surface area contributed by atoms with Crippen LogP contribution in [0.1, 0.15) is 23.6 Å². The summed E-state index contributed by atoms with van der Waals surface area (Å²) in [5, 5.41) is 0. The van der Waals surface area contributed by atoms with Crippen molar-refractivity contribution in [3.63, 3.8) is 0 Å². The zero-order valence-corrected chi connectivity index (χ0v) is 23.9. The molecule has 1 heterocycles. The number of methoxy groups -OCH3 is 1. The molecule has 0 radical (unpaired) electrons. The van der Waals surface area contributed by atoms with Gasteiger partial charge in [-0.2, -0.15) is 0 Å². The predicted molar refractivity (Wildman–Crippen MR) is 150 cm³/mol. The molecule has 1 aliphatic rings. The van der Waals surface area contributed by atoms with Crippen molar-refractivity contribution < 1.29 is 52.3 Å². The zero-order chi connectivity index (χ0) is 30.4. The fourth-order valence-electron chi connectivity index (χ4n) is 4.39. The average Bonchev–Trinajstić information content (AvgIpc) is 3.03. The molecule has 0 amide bonds. The van der Waals surface area contributed by atoms with Crippen LogP contribution in [0.2, 0.25) is 0 Å². The van der Waals surface area contributed by atoms with Crippen LogP contribution in [0, 0.1) is 0 Å². The maximum atomic E-state index is 12.7. The Labute approximate surface area is 249 Å². The lowest BCUT2D eigenvalue weighted by molar-refractivity contribution is -0.306. The molecule has 0 N–H and O–H groups in total. The third-order valence-electron chi connectivity index (χ3n) is 6.41. The first-order valence-electron chi connectivity index (χ1n) is 13.6. The van der Waals surface area contributed by atoms with E-state index in [2.05, 4.69) is 0 Å². The average molecular weight is 595 g/mol. The van der Waals surface area contributed by atoms with Crippen molar-refractivity contribution >= 4 is 18.3 Å². The first kappa shape index (κ1) is 31.5. The number of hydrogen-bond donors (Lipinski definition) is 0. The van der Waals surface area contributed by atoms with Gasteiger partial charge in [-0.05, 0) is 16.7 Å². The third kappa shape index (κ3) is 9.81. The van der Waals surface area contributed by atoms with Gasteiger partial charge in [-0.25, -0.2) is 9.59 Å². The molecule has 1 fully saturated rings. The van der Waals surface area contributed by atoms with E-state index in [1.165, 1.54) is 14.0 Å². The number of esters is 1. The topological polar surface area (TPSA) is 125 Å². The number of carbonyl (C=O) groups excluding carboxylic acids is 3. The molecule has 228 valence electrons. The van der Waals surface area contributed by atoms with Crippen LogP contribution in [0.4, 0.5) is 9.59 Å². The number of carbonyl (C=O) groups is 3. The van der Waals surface area contributed by atoms with Gasteiger partial charge in [-0.15, -0.1) is 0 Å². The molecule has 0 unspecified atom stereocenters. The molecule has 0 spiro atoms. The lowest BCUT2D eigenvalue weighted by Crippen LogP contribution is -2.62. The second-order valence-corrected chi connectivity index (χ2v) is 9.56. The molecular formula is C32H34O11. The minimum Gasteiger partial charge on any atom is -0.455 e. The van der Waals surface area contributed by atoms with E-state index in [4.69, 9.17) is 37.9 Å². The standard InChI is InChI=1S/C32H34O11/c1-22(33)41-28-27(37-18-23-12-6-3-7-13-23)26(21-40-31(34)38-19-24-14-8-4-9-15-24)42-30(36-2)29(28)43-32(35)39-20-25-16-10-5-11-17-25/h3-17,26-30H,18-21H2,1-2H3/t26-,27-,28+,29-,30+/m1/s1. The molecule has 4 rings (SSSR count). The van der Waals surface area contributed by atoms with Gasteiger partial charge >= 0.3 is 18.3 Å². The fourth-order valence-corrected chi connectivity index (χ4v) is 4.39. The summed E-state index contributed by atoms with van der Waals surface area (Å²) in [5.74, 6) is -0.664. The van der Waals surface area contributed by atoms with Gasteiger partial charge in [0.05, 0.1) is 6.61 Å². The summed E-state index contributed by atoms with van der Waals surface area (Å²) in [6, 6.07) is 27.4. The molecule has 0 aliphatic carbocycles. The van der Waals surface area contributed by atoms with Gasteiger partial charge < -0.3 is 37.9 Å². The van der Waals surface area contributed by atoms with Crippen LogP contribution in [-0.4, -0.2) is 62.7 Å². The minimum atomic E-state index is -1.28. The highest BCUT2D eigenvalue weighted by Crippen LogP contribution is 2.30. The van der Waals surface area contributed by atoms with E-state index in [0.717, 1.165) is 16.7 Å². The summed E-state index contributed by atoms with van der Waals surface area (Å²) in [4.78, 5) is 37.4. The molecular weight excluding hydrogens is 560 g/mol. The maximum absolute atomic E-state index is 12.7. The SMILES string of the molecule is CO[C@H]1O[C@H](COC(=O)OCc2ccccc2)[C@@H](OCc2ccccc2)[C@H](OC(C)=O)[C@H]1OC(=O)OCc1ccccc1. The Morgan fingerprint density at radius 2 is 1.14 bits per heavy atom. The molecule has 0 bridgehead atoms. The van der Waals surface area contributed by atoms with Crippen LogP contribution >= 0.6 is 0 Å². The van der Waals surface area contributed by atoms with Crippen LogP contribution in [0.15, 0.2) is 91.0 Å². The second kappa shape index (κ2) is 16.3. The van der Waals surface area contributed by atoms with Gasteiger partial charge in [0.2, 0.25) is 0 Å². The number of ether oxygens (including phenoxy) is 8. The van der Waals surface area contributed by atoms with E-state index in [0.29, 0.717) is 0 Å². The maximum Gasteiger partial charge on any atom is 0.509 e. The molecule has 3 aromatic rings. The number of hydrogen-bond acceptors (Lipinski definition) is 11. The first-order chi connectivity index (χ1) is 20.9. The van der Waals surface area contributed by atoms with Gasteiger partial charge in [0.1, 0.15) is 32.0 Å². The molecule has 11 heteroatoms. The van der Waals surface area contributed by atoms with Crippen LogP contribution in [0.25, 0.3) is 0 Å². The highest BCUT2D eigenvalue weighted by molar-refractivity contribution is 5.66. The Kier molecular flexibility index (Phi) is 11.9. The summed E-state index contributed by atoms with van der Waals surface area (Å²) in [6.07, 6.45) is -7.73. The van der Waals surface area contributed by atoms with Crippen molar-refractivity contribution in [2.24, 2.45) is 0 Å². The Bertz CT molecular complexity index is 1290. The molecule has 11 nitrogen and oxygen atoms in total. The highest BCUT2D eigenvalue weighted by Gasteiger charge is 2.52. The lowest BCUT2D eigenvalue weighted by atomic mass is 9.98. The van der Waals surface area contributed by atoms with Crippen molar-refractivity contribution in [3.8, 4) is 0 Å². The second-order valence-electron chi connectivity index (χ2n) is 9.56. The van der Waals surface area contributed by atoms with E-state index in [1.807, 2.05) is 78.9 Å². The van der Waals surface area contributed by atoms with Crippen LogP contribution in [-0.2, 0) is 62.5 Å². The Balaban J connectivity index is 1.48. The minimum absolute atomic E-state index is 0.0108. The monoisotopic (exact) mass is 594 g/mol. The largest absolute Gasteiger partial charge is 0.509 e. The normalized spacial score (nSPS) is 21.3. The lowest BCUT2D eigenvalue weighted by Gasteiger charge is -2.44. The zero-order valence-electron chi connectivity index (χ0n) is 23.9. The van der Waals surface area contributed by atoms with Crippen LogP contribution in [0.5, 0.6) is 0 Å². The molecule has 5 atom stereocenters. The van der Waals surface area contributed by atoms with E-state index >= 15 is 0 Å².